The lowest BCUT2D eigenvalue weighted by molar-refractivity contribution is 0.0533. The summed E-state index contributed by atoms with van der Waals surface area (Å²) in [4.78, 5) is 19.9. The van der Waals surface area contributed by atoms with Crippen LogP contribution >= 0.6 is 11.3 Å². The van der Waals surface area contributed by atoms with Crippen LogP contribution in [-0.4, -0.2) is 22.5 Å². The van der Waals surface area contributed by atoms with Gasteiger partial charge in [-0.1, -0.05) is 12.1 Å². The van der Waals surface area contributed by atoms with Crippen molar-refractivity contribution < 1.29 is 9.53 Å². The summed E-state index contributed by atoms with van der Waals surface area (Å²) >= 11 is 1.14. The van der Waals surface area contributed by atoms with Crippen molar-refractivity contribution in [2.45, 2.75) is 6.92 Å². The second-order valence-electron chi connectivity index (χ2n) is 4.52. The van der Waals surface area contributed by atoms with E-state index in [9.17, 15) is 4.79 Å². The maximum absolute atomic E-state index is 12.0. The minimum atomic E-state index is -0.469. The number of carbonyl (C=O) groups is 1. The number of esters is 1. The maximum atomic E-state index is 12.0. The van der Waals surface area contributed by atoms with Crippen molar-refractivity contribution in [1.29, 1.82) is 0 Å². The van der Waals surface area contributed by atoms with Crippen LogP contribution in [-0.2, 0) is 4.74 Å². The van der Waals surface area contributed by atoms with E-state index in [0.29, 0.717) is 27.0 Å². The average Bonchev–Trinajstić information content (AvgIpc) is 3.07. The van der Waals surface area contributed by atoms with Crippen LogP contribution < -0.4 is 17.0 Å². The fraction of sp³-hybridized carbons (Fsp3) is 0.143. The molecule has 0 unspecified atom stereocenters. The number of para-hydroxylation sites is 2. The highest BCUT2D eigenvalue weighted by molar-refractivity contribution is 7.19. The molecule has 0 aliphatic rings. The van der Waals surface area contributed by atoms with Gasteiger partial charge in [-0.15, -0.1) is 11.3 Å². The normalized spacial score (nSPS) is 10.8. The largest absolute Gasteiger partial charge is 0.462 e. The van der Waals surface area contributed by atoms with E-state index in [2.05, 4.69) is 15.4 Å². The Labute approximate surface area is 130 Å². The Balaban J connectivity index is 2.15. The minimum Gasteiger partial charge on any atom is -0.462 e. The van der Waals surface area contributed by atoms with Crippen LogP contribution in [0.2, 0.25) is 0 Å². The molecule has 7 nitrogen and oxygen atoms in total. The van der Waals surface area contributed by atoms with Crippen molar-refractivity contribution in [3.8, 4) is 11.4 Å². The van der Waals surface area contributed by atoms with Gasteiger partial charge in [0.05, 0.1) is 28.9 Å². The molecule has 2 aromatic heterocycles. The van der Waals surface area contributed by atoms with E-state index in [-0.39, 0.29) is 6.61 Å². The molecule has 0 aliphatic carbocycles. The van der Waals surface area contributed by atoms with Gasteiger partial charge in [0.15, 0.2) is 0 Å². The molecule has 0 aliphatic heterocycles. The summed E-state index contributed by atoms with van der Waals surface area (Å²) in [5.41, 5.74) is 11.3. The third-order valence-electron chi connectivity index (χ3n) is 3.16. The topological polar surface area (TPSA) is 119 Å². The predicted octanol–water partition coefficient (Wildman–Crippen LogP) is 2.34. The molecule has 3 rings (SSSR count). The molecule has 0 radical (unpaired) electrons. The Bertz CT molecular complexity index is 806. The number of ether oxygens (including phenoxy) is 1. The molecule has 0 amide bonds. The fourth-order valence-corrected chi connectivity index (χ4v) is 3.13. The van der Waals surface area contributed by atoms with E-state index >= 15 is 0 Å². The number of imidazole rings is 1. The number of nitrogens with one attached hydrogen (secondary N) is 2. The summed E-state index contributed by atoms with van der Waals surface area (Å²) in [6.45, 7) is 2.02. The number of nitrogens with zero attached hydrogens (tertiary/aromatic N) is 1. The number of rotatable bonds is 4. The number of hydrazine groups is 1. The Morgan fingerprint density at radius 1 is 1.45 bits per heavy atom. The Hall–Kier alpha value is -2.58. The number of aromatic amines is 1. The SMILES string of the molecule is CCOC(=O)c1sc(NN)c(-c2nc3ccccc3[nH]2)c1N. The molecule has 0 atom stereocenters. The number of hydrogen-bond acceptors (Lipinski definition) is 7. The first-order chi connectivity index (χ1) is 10.7. The van der Waals surface area contributed by atoms with Crippen molar-refractivity contribution in [3.63, 3.8) is 0 Å². The molecule has 1 aromatic carbocycles. The van der Waals surface area contributed by atoms with Gasteiger partial charge in [0, 0.05) is 0 Å². The van der Waals surface area contributed by atoms with Gasteiger partial charge in [-0.05, 0) is 19.1 Å². The number of nitrogen functional groups attached to an aromatic ring is 2. The lowest BCUT2D eigenvalue weighted by Gasteiger charge is -2.01. The highest BCUT2D eigenvalue weighted by Crippen LogP contribution is 2.42. The van der Waals surface area contributed by atoms with Crippen molar-refractivity contribution in [2.75, 3.05) is 17.8 Å². The second-order valence-corrected chi connectivity index (χ2v) is 5.54. The first kappa shape index (κ1) is 14.4. The minimum absolute atomic E-state index is 0.279. The monoisotopic (exact) mass is 317 g/mol. The molecule has 0 spiro atoms. The van der Waals surface area contributed by atoms with E-state index in [0.717, 1.165) is 22.4 Å². The lowest BCUT2D eigenvalue weighted by atomic mass is 10.2. The molecule has 6 N–H and O–H groups in total. The average molecular weight is 317 g/mol. The zero-order chi connectivity index (χ0) is 15.7. The van der Waals surface area contributed by atoms with Gasteiger partial charge in [0.1, 0.15) is 15.7 Å². The van der Waals surface area contributed by atoms with Crippen LogP contribution in [0.15, 0.2) is 24.3 Å². The molecular formula is C14H15N5O2S. The summed E-state index contributed by atoms with van der Waals surface area (Å²) < 4.78 is 5.01. The van der Waals surface area contributed by atoms with Crippen LogP contribution in [0.25, 0.3) is 22.4 Å². The van der Waals surface area contributed by atoms with Crippen LogP contribution in [0.3, 0.4) is 0 Å². The summed E-state index contributed by atoms with van der Waals surface area (Å²) in [7, 11) is 0. The highest BCUT2D eigenvalue weighted by Gasteiger charge is 2.24. The van der Waals surface area contributed by atoms with E-state index in [1.54, 1.807) is 6.92 Å². The van der Waals surface area contributed by atoms with Gasteiger partial charge < -0.3 is 20.9 Å². The Kier molecular flexibility index (Phi) is 3.70. The van der Waals surface area contributed by atoms with E-state index in [4.69, 9.17) is 16.3 Å². The van der Waals surface area contributed by atoms with Crippen LogP contribution in [0.1, 0.15) is 16.6 Å². The number of anilines is 2. The highest BCUT2D eigenvalue weighted by atomic mass is 32.1. The fourth-order valence-electron chi connectivity index (χ4n) is 2.20. The number of fused-ring (bicyclic) bond motifs is 1. The van der Waals surface area contributed by atoms with Gasteiger partial charge >= 0.3 is 5.97 Å². The number of carbonyl (C=O) groups excluding carboxylic acids is 1. The summed E-state index contributed by atoms with van der Waals surface area (Å²) in [5, 5.41) is 0.555. The van der Waals surface area contributed by atoms with Crippen molar-refractivity contribution in [3.05, 3.63) is 29.1 Å². The quantitative estimate of drug-likeness (QED) is 0.333. The third kappa shape index (κ3) is 2.28. The van der Waals surface area contributed by atoms with Crippen molar-refractivity contribution in [1.82, 2.24) is 9.97 Å². The van der Waals surface area contributed by atoms with E-state index in [1.807, 2.05) is 24.3 Å². The molecule has 0 fully saturated rings. The summed E-state index contributed by atoms with van der Waals surface area (Å²) in [6, 6.07) is 7.61. The summed E-state index contributed by atoms with van der Waals surface area (Å²) in [5.74, 6) is 5.64. The van der Waals surface area contributed by atoms with Gasteiger partial charge in [-0.2, -0.15) is 0 Å². The zero-order valence-corrected chi connectivity index (χ0v) is 12.7. The van der Waals surface area contributed by atoms with Crippen LogP contribution in [0, 0.1) is 0 Å². The lowest BCUT2D eigenvalue weighted by Crippen LogP contribution is -2.06. The third-order valence-corrected chi connectivity index (χ3v) is 4.28. The molecular weight excluding hydrogens is 302 g/mol. The number of thiophene rings is 1. The van der Waals surface area contributed by atoms with Gasteiger partial charge in [-0.3, -0.25) is 0 Å². The van der Waals surface area contributed by atoms with E-state index in [1.165, 1.54) is 0 Å². The number of H-pyrrole nitrogens is 1. The number of aromatic nitrogens is 2. The molecule has 8 heteroatoms. The first-order valence-electron chi connectivity index (χ1n) is 6.66. The predicted molar refractivity (Wildman–Crippen MR) is 87.6 cm³/mol. The molecule has 0 bridgehead atoms. The molecule has 0 saturated heterocycles. The number of benzene rings is 1. The standard InChI is InChI=1S/C14H15N5O2S/c1-2-21-14(20)11-10(15)9(13(19-16)22-11)12-17-7-5-3-4-6-8(7)18-12/h3-6,19H,2,15-16H2,1H3,(H,17,18). The van der Waals surface area contributed by atoms with Gasteiger partial charge in [-0.25, -0.2) is 15.6 Å². The zero-order valence-electron chi connectivity index (χ0n) is 11.8. The Morgan fingerprint density at radius 2 is 2.23 bits per heavy atom. The van der Waals surface area contributed by atoms with Gasteiger partial charge in [0.2, 0.25) is 0 Å². The molecule has 22 heavy (non-hydrogen) atoms. The molecule has 2 heterocycles. The molecule has 114 valence electrons. The van der Waals surface area contributed by atoms with E-state index < -0.39 is 5.97 Å². The smallest absolute Gasteiger partial charge is 0.350 e. The van der Waals surface area contributed by atoms with Crippen molar-refractivity contribution in [2.24, 2.45) is 5.84 Å². The second kappa shape index (κ2) is 5.66. The van der Waals surface area contributed by atoms with Crippen LogP contribution in [0.4, 0.5) is 10.7 Å². The Morgan fingerprint density at radius 3 is 2.91 bits per heavy atom. The maximum Gasteiger partial charge on any atom is 0.350 e. The molecule has 0 saturated carbocycles. The van der Waals surface area contributed by atoms with Crippen LogP contribution in [0.5, 0.6) is 0 Å². The van der Waals surface area contributed by atoms with Gasteiger partial charge in [0.25, 0.3) is 0 Å². The van der Waals surface area contributed by atoms with Crippen molar-refractivity contribution >= 4 is 39.0 Å². The number of hydrogen-bond donors (Lipinski definition) is 4. The molecule has 3 aromatic rings. The first-order valence-corrected chi connectivity index (χ1v) is 7.48. The summed E-state index contributed by atoms with van der Waals surface area (Å²) in [6.07, 6.45) is 0. The number of nitrogens with two attached hydrogens (primary N) is 2.